The van der Waals surface area contributed by atoms with Gasteiger partial charge in [0, 0.05) is 32.0 Å². The highest BCUT2D eigenvalue weighted by Gasteiger charge is 2.20. The van der Waals surface area contributed by atoms with Crippen molar-refractivity contribution in [2.45, 2.75) is 26.2 Å². The molecular formula is C19H20N6O2. The van der Waals surface area contributed by atoms with Gasteiger partial charge in [-0.05, 0) is 23.8 Å². The Labute approximate surface area is 156 Å². The van der Waals surface area contributed by atoms with Crippen molar-refractivity contribution >= 4 is 5.82 Å². The molecule has 0 unspecified atom stereocenters. The van der Waals surface area contributed by atoms with Crippen LogP contribution < -0.4 is 14.8 Å². The molecule has 3 aromatic rings. The number of nitrogens with zero attached hydrogens (tertiary/aromatic N) is 5. The molecule has 0 saturated carbocycles. The Morgan fingerprint density at radius 2 is 2.04 bits per heavy atom. The van der Waals surface area contributed by atoms with Gasteiger partial charge in [0.1, 0.15) is 5.82 Å². The Balaban J connectivity index is 1.23. The van der Waals surface area contributed by atoms with Crippen molar-refractivity contribution in [1.82, 2.24) is 24.6 Å². The molecule has 0 fully saturated rings. The van der Waals surface area contributed by atoms with E-state index in [4.69, 9.17) is 14.6 Å². The lowest BCUT2D eigenvalue weighted by molar-refractivity contribution is 0.173. The van der Waals surface area contributed by atoms with E-state index >= 15 is 0 Å². The smallest absolute Gasteiger partial charge is 0.231 e. The topological polar surface area (TPSA) is 77.3 Å². The number of hydrogen-bond donors (Lipinski definition) is 1. The minimum absolute atomic E-state index is 0.313. The number of rotatable bonds is 5. The summed E-state index contributed by atoms with van der Waals surface area (Å²) in [5.74, 6) is 2.43. The summed E-state index contributed by atoms with van der Waals surface area (Å²) in [5, 5.41) is 7.95. The average Bonchev–Trinajstić information content (AvgIpc) is 3.33. The third-order valence-electron chi connectivity index (χ3n) is 4.78. The Morgan fingerprint density at radius 1 is 1.07 bits per heavy atom. The van der Waals surface area contributed by atoms with Gasteiger partial charge in [0.05, 0.1) is 30.7 Å². The highest BCUT2D eigenvalue weighted by atomic mass is 16.7. The van der Waals surface area contributed by atoms with Gasteiger partial charge in [-0.3, -0.25) is 14.6 Å². The van der Waals surface area contributed by atoms with E-state index < -0.39 is 0 Å². The minimum atomic E-state index is 0.313. The molecule has 0 radical (unpaired) electrons. The van der Waals surface area contributed by atoms with Crippen molar-refractivity contribution in [2.24, 2.45) is 0 Å². The quantitative estimate of drug-likeness (QED) is 0.742. The molecule has 1 N–H and O–H groups in total. The van der Waals surface area contributed by atoms with Gasteiger partial charge in [-0.25, -0.2) is 4.98 Å². The maximum Gasteiger partial charge on any atom is 0.231 e. The van der Waals surface area contributed by atoms with E-state index in [0.717, 1.165) is 49.2 Å². The first-order valence-corrected chi connectivity index (χ1v) is 9.00. The molecule has 27 heavy (non-hydrogen) atoms. The first-order valence-electron chi connectivity index (χ1n) is 9.00. The van der Waals surface area contributed by atoms with Crippen molar-refractivity contribution in [3.8, 4) is 11.5 Å². The van der Waals surface area contributed by atoms with Crippen molar-refractivity contribution in [3.05, 3.63) is 59.8 Å². The highest BCUT2D eigenvalue weighted by Crippen LogP contribution is 2.33. The molecule has 2 aliphatic rings. The van der Waals surface area contributed by atoms with Gasteiger partial charge in [0.25, 0.3) is 0 Å². The van der Waals surface area contributed by atoms with Gasteiger partial charge in [-0.2, -0.15) is 5.10 Å². The second-order valence-electron chi connectivity index (χ2n) is 6.69. The molecule has 0 bridgehead atoms. The van der Waals surface area contributed by atoms with Crippen molar-refractivity contribution < 1.29 is 9.47 Å². The van der Waals surface area contributed by atoms with Crippen LogP contribution >= 0.6 is 0 Å². The van der Waals surface area contributed by atoms with E-state index in [1.165, 1.54) is 11.3 Å². The predicted octanol–water partition coefficient (Wildman–Crippen LogP) is 2.03. The van der Waals surface area contributed by atoms with Gasteiger partial charge in [0.2, 0.25) is 6.79 Å². The van der Waals surface area contributed by atoms with Crippen LogP contribution in [-0.2, 0) is 26.2 Å². The zero-order valence-electron chi connectivity index (χ0n) is 14.8. The Morgan fingerprint density at radius 3 is 2.96 bits per heavy atom. The summed E-state index contributed by atoms with van der Waals surface area (Å²) in [6.07, 6.45) is 5.05. The zero-order chi connectivity index (χ0) is 18.1. The summed E-state index contributed by atoms with van der Waals surface area (Å²) in [5.41, 5.74) is 3.48. The summed E-state index contributed by atoms with van der Waals surface area (Å²) in [7, 11) is 0. The second kappa shape index (κ2) is 6.88. The number of anilines is 1. The van der Waals surface area contributed by atoms with Gasteiger partial charge in [-0.1, -0.05) is 6.07 Å². The average molecular weight is 364 g/mol. The summed E-state index contributed by atoms with van der Waals surface area (Å²) in [6, 6.07) is 8.33. The molecular weight excluding hydrogens is 344 g/mol. The number of fused-ring (bicyclic) bond motifs is 2. The maximum atomic E-state index is 5.48. The molecule has 0 saturated heterocycles. The lowest BCUT2D eigenvalue weighted by Crippen LogP contribution is -2.33. The van der Waals surface area contributed by atoms with Crippen LogP contribution in [0.15, 0.2) is 42.9 Å². The molecule has 0 aliphatic carbocycles. The summed E-state index contributed by atoms with van der Waals surface area (Å²) in [6.45, 7) is 4.58. The standard InChI is InChI=1S/C19H20N6O2/c1-2-17-18(27-13-26-17)7-14(1)11-24-5-6-25-16(12-24)8-15(23-25)9-22-19-10-20-3-4-21-19/h1-4,7-8,10H,5-6,9,11-13H2,(H,21,22). The molecule has 0 atom stereocenters. The van der Waals surface area contributed by atoms with Crippen molar-refractivity contribution in [1.29, 1.82) is 0 Å². The first-order chi connectivity index (χ1) is 13.3. The number of benzene rings is 1. The molecule has 8 nitrogen and oxygen atoms in total. The fraction of sp³-hybridized carbons (Fsp3) is 0.316. The Kier molecular flexibility index (Phi) is 4.10. The summed E-state index contributed by atoms with van der Waals surface area (Å²) in [4.78, 5) is 10.7. The van der Waals surface area contributed by atoms with E-state index in [-0.39, 0.29) is 0 Å². The number of nitrogens with one attached hydrogen (secondary N) is 1. The van der Waals surface area contributed by atoms with E-state index in [9.17, 15) is 0 Å². The molecule has 138 valence electrons. The lowest BCUT2D eigenvalue weighted by Gasteiger charge is -2.27. The third kappa shape index (κ3) is 3.43. The summed E-state index contributed by atoms with van der Waals surface area (Å²) >= 11 is 0. The van der Waals surface area contributed by atoms with Gasteiger partial charge in [0.15, 0.2) is 11.5 Å². The van der Waals surface area contributed by atoms with Crippen LogP contribution in [0.2, 0.25) is 0 Å². The van der Waals surface area contributed by atoms with Crippen molar-refractivity contribution in [2.75, 3.05) is 18.7 Å². The SMILES string of the molecule is c1cnc(NCc2cc3n(n2)CCN(Cc2ccc4c(c2)OCO4)C3)cn1. The largest absolute Gasteiger partial charge is 0.454 e. The number of aromatic nitrogens is 4. The van der Waals surface area contributed by atoms with Crippen LogP contribution in [0.25, 0.3) is 0 Å². The zero-order valence-corrected chi connectivity index (χ0v) is 14.8. The molecule has 0 amide bonds. The van der Waals surface area contributed by atoms with E-state index in [1.54, 1.807) is 18.6 Å². The minimum Gasteiger partial charge on any atom is -0.454 e. The number of ether oxygens (including phenoxy) is 2. The fourth-order valence-electron chi connectivity index (χ4n) is 3.47. The molecule has 0 spiro atoms. The Bertz CT molecular complexity index is 943. The molecule has 2 aliphatic heterocycles. The van der Waals surface area contributed by atoms with Crippen LogP contribution in [-0.4, -0.2) is 38.0 Å². The van der Waals surface area contributed by atoms with Crippen LogP contribution in [0.3, 0.4) is 0 Å². The van der Waals surface area contributed by atoms with E-state index in [1.807, 2.05) is 6.07 Å². The molecule has 8 heteroatoms. The van der Waals surface area contributed by atoms with Crippen LogP contribution in [0.4, 0.5) is 5.82 Å². The second-order valence-corrected chi connectivity index (χ2v) is 6.69. The third-order valence-corrected chi connectivity index (χ3v) is 4.78. The van der Waals surface area contributed by atoms with Gasteiger partial charge < -0.3 is 14.8 Å². The van der Waals surface area contributed by atoms with E-state index in [0.29, 0.717) is 13.3 Å². The molecule has 4 heterocycles. The van der Waals surface area contributed by atoms with Gasteiger partial charge in [-0.15, -0.1) is 0 Å². The van der Waals surface area contributed by atoms with Gasteiger partial charge >= 0.3 is 0 Å². The van der Waals surface area contributed by atoms with Crippen molar-refractivity contribution in [3.63, 3.8) is 0 Å². The molecule has 1 aromatic carbocycles. The van der Waals surface area contributed by atoms with Crippen LogP contribution in [0, 0.1) is 0 Å². The monoisotopic (exact) mass is 364 g/mol. The highest BCUT2D eigenvalue weighted by molar-refractivity contribution is 5.44. The van der Waals surface area contributed by atoms with Crippen LogP contribution in [0.1, 0.15) is 17.0 Å². The normalized spacial score (nSPS) is 15.6. The first kappa shape index (κ1) is 16.1. The number of hydrogen-bond acceptors (Lipinski definition) is 7. The van der Waals surface area contributed by atoms with E-state index in [2.05, 4.69) is 43.1 Å². The Hall–Kier alpha value is -3.13. The maximum absolute atomic E-state index is 5.48. The predicted molar refractivity (Wildman–Crippen MR) is 98.3 cm³/mol. The fourth-order valence-corrected chi connectivity index (χ4v) is 3.47. The molecule has 5 rings (SSSR count). The van der Waals surface area contributed by atoms with Crippen LogP contribution in [0.5, 0.6) is 11.5 Å². The molecule has 2 aromatic heterocycles. The summed E-state index contributed by atoms with van der Waals surface area (Å²) < 4.78 is 13.0. The lowest BCUT2D eigenvalue weighted by atomic mass is 10.1.